The molecule has 0 saturated carbocycles. The summed E-state index contributed by atoms with van der Waals surface area (Å²) in [6.45, 7) is 5.66. The zero-order valence-electron chi connectivity index (χ0n) is 13.0. The van der Waals surface area contributed by atoms with Gasteiger partial charge in [-0.3, -0.25) is 4.79 Å². The number of nitrogen functional groups attached to an aromatic ring is 1. The third-order valence-corrected chi connectivity index (χ3v) is 4.07. The van der Waals surface area contributed by atoms with Crippen LogP contribution in [-0.2, 0) is 0 Å². The zero-order valence-corrected chi connectivity index (χ0v) is 13.8. The number of benzene rings is 1. The Kier molecular flexibility index (Phi) is 3.74. The summed E-state index contributed by atoms with van der Waals surface area (Å²) in [5.41, 5.74) is 9.98. The van der Waals surface area contributed by atoms with Gasteiger partial charge in [-0.2, -0.15) is 0 Å². The number of hydrogen-bond acceptors (Lipinski definition) is 4. The Morgan fingerprint density at radius 3 is 2.65 bits per heavy atom. The molecular weight excluding hydrogens is 314 g/mol. The van der Waals surface area contributed by atoms with Crippen LogP contribution in [0.5, 0.6) is 0 Å². The van der Waals surface area contributed by atoms with E-state index >= 15 is 0 Å². The molecule has 6 heteroatoms. The highest BCUT2D eigenvalue weighted by molar-refractivity contribution is 6.31. The van der Waals surface area contributed by atoms with Gasteiger partial charge in [-0.1, -0.05) is 17.7 Å². The molecule has 2 heterocycles. The Hall–Kier alpha value is -2.53. The van der Waals surface area contributed by atoms with Crippen LogP contribution in [0.15, 0.2) is 28.7 Å². The predicted molar refractivity (Wildman–Crippen MR) is 92.0 cm³/mol. The van der Waals surface area contributed by atoms with Crippen LogP contribution in [-0.4, -0.2) is 10.9 Å². The van der Waals surface area contributed by atoms with Gasteiger partial charge in [0.15, 0.2) is 0 Å². The molecule has 1 aromatic carbocycles. The highest BCUT2D eigenvalue weighted by Gasteiger charge is 2.21. The second-order valence-corrected chi connectivity index (χ2v) is 5.93. The van der Waals surface area contributed by atoms with Crippen LogP contribution >= 0.6 is 11.6 Å². The smallest absolute Gasteiger partial charge is 0.293 e. The summed E-state index contributed by atoms with van der Waals surface area (Å²) in [6, 6.07) is 7.18. The molecule has 2 aromatic heterocycles. The Morgan fingerprint density at radius 2 is 1.96 bits per heavy atom. The third-order valence-electron chi connectivity index (χ3n) is 3.66. The maximum absolute atomic E-state index is 12.4. The number of nitrogens with one attached hydrogen (secondary N) is 1. The molecule has 0 atom stereocenters. The number of aryl methyl sites for hydroxylation is 3. The topological polar surface area (TPSA) is 81.2 Å². The number of anilines is 2. The molecule has 1 amide bonds. The molecule has 3 aromatic rings. The van der Waals surface area contributed by atoms with Crippen molar-refractivity contribution in [3.8, 4) is 0 Å². The van der Waals surface area contributed by atoms with Crippen LogP contribution in [0.4, 0.5) is 11.4 Å². The standard InChI is InChI=1S/C17H16ClN3O2/c1-8-4-5-11(7-12(8)18)21-16(22)15-14(19)13-9(2)6-10(3)20-17(13)23-15/h4-7H,19H2,1-3H3,(H,21,22). The van der Waals surface area contributed by atoms with Crippen molar-refractivity contribution in [2.24, 2.45) is 0 Å². The molecule has 0 aliphatic rings. The molecule has 3 rings (SSSR count). The fourth-order valence-electron chi connectivity index (χ4n) is 2.50. The number of fused-ring (bicyclic) bond motifs is 1. The lowest BCUT2D eigenvalue weighted by molar-refractivity contribution is 0.0999. The Bertz CT molecular complexity index is 931. The van der Waals surface area contributed by atoms with E-state index in [0.717, 1.165) is 16.8 Å². The number of halogens is 1. The number of rotatable bonds is 2. The zero-order chi connectivity index (χ0) is 16.7. The molecule has 0 radical (unpaired) electrons. The van der Waals surface area contributed by atoms with Gasteiger partial charge in [-0.05, 0) is 50.1 Å². The van der Waals surface area contributed by atoms with Gasteiger partial charge in [-0.25, -0.2) is 4.98 Å². The first-order chi connectivity index (χ1) is 10.9. The van der Waals surface area contributed by atoms with Crippen LogP contribution in [0.2, 0.25) is 5.02 Å². The average Bonchev–Trinajstić information content (AvgIpc) is 2.80. The minimum Gasteiger partial charge on any atom is -0.430 e. The number of furan rings is 1. The lowest BCUT2D eigenvalue weighted by Gasteiger charge is -2.05. The van der Waals surface area contributed by atoms with E-state index in [4.69, 9.17) is 21.8 Å². The maximum atomic E-state index is 12.4. The van der Waals surface area contributed by atoms with Gasteiger partial charge in [0.2, 0.25) is 11.5 Å². The Labute approximate surface area is 138 Å². The van der Waals surface area contributed by atoms with Gasteiger partial charge >= 0.3 is 0 Å². The van der Waals surface area contributed by atoms with Gasteiger partial charge < -0.3 is 15.5 Å². The summed E-state index contributed by atoms with van der Waals surface area (Å²) in [5.74, 6) is -0.379. The highest BCUT2D eigenvalue weighted by Crippen LogP contribution is 2.31. The molecule has 0 bridgehead atoms. The molecule has 118 valence electrons. The van der Waals surface area contributed by atoms with Crippen LogP contribution < -0.4 is 11.1 Å². The SMILES string of the molecule is Cc1cc(C)c2c(N)c(C(=O)Nc3ccc(C)c(Cl)c3)oc2n1. The summed E-state index contributed by atoms with van der Waals surface area (Å²) in [6.07, 6.45) is 0. The van der Waals surface area contributed by atoms with Gasteiger partial charge in [-0.15, -0.1) is 0 Å². The highest BCUT2D eigenvalue weighted by atomic mass is 35.5. The van der Waals surface area contributed by atoms with Crippen molar-refractivity contribution in [3.63, 3.8) is 0 Å². The lowest BCUT2D eigenvalue weighted by atomic mass is 10.1. The number of pyridine rings is 1. The van der Waals surface area contributed by atoms with E-state index in [1.54, 1.807) is 12.1 Å². The van der Waals surface area contributed by atoms with Crippen LogP contribution in [0, 0.1) is 20.8 Å². The number of nitrogens with zero attached hydrogens (tertiary/aromatic N) is 1. The number of amides is 1. The molecule has 23 heavy (non-hydrogen) atoms. The summed E-state index contributed by atoms with van der Waals surface area (Å²) in [4.78, 5) is 16.7. The average molecular weight is 330 g/mol. The normalized spacial score (nSPS) is 11.0. The largest absolute Gasteiger partial charge is 0.430 e. The van der Waals surface area contributed by atoms with Crippen LogP contribution in [0.25, 0.3) is 11.1 Å². The van der Waals surface area contributed by atoms with E-state index in [0.29, 0.717) is 27.5 Å². The first kappa shape index (κ1) is 15.4. The molecule has 0 spiro atoms. The van der Waals surface area contributed by atoms with Crippen molar-refractivity contribution in [2.45, 2.75) is 20.8 Å². The molecule has 0 aliphatic heterocycles. The first-order valence-corrected chi connectivity index (χ1v) is 7.48. The Balaban J connectivity index is 1.99. The molecule has 0 aliphatic carbocycles. The Morgan fingerprint density at radius 1 is 1.22 bits per heavy atom. The molecule has 0 fully saturated rings. The van der Waals surface area contributed by atoms with Gasteiger partial charge in [0.25, 0.3) is 5.91 Å². The lowest BCUT2D eigenvalue weighted by Crippen LogP contribution is -2.12. The molecule has 0 unspecified atom stereocenters. The van der Waals surface area contributed by atoms with E-state index in [1.165, 1.54) is 0 Å². The van der Waals surface area contributed by atoms with Crippen molar-refractivity contribution in [3.05, 3.63) is 51.9 Å². The summed E-state index contributed by atoms with van der Waals surface area (Å²) in [5, 5.41) is 3.98. The molecule has 0 saturated heterocycles. The van der Waals surface area contributed by atoms with Gasteiger partial charge in [0.1, 0.15) is 0 Å². The van der Waals surface area contributed by atoms with Crippen LogP contribution in [0.1, 0.15) is 27.4 Å². The monoisotopic (exact) mass is 329 g/mol. The number of nitrogens with two attached hydrogens (primary N) is 1. The van der Waals surface area contributed by atoms with Crippen molar-refractivity contribution in [1.82, 2.24) is 4.98 Å². The van der Waals surface area contributed by atoms with Crippen molar-refractivity contribution < 1.29 is 9.21 Å². The number of aromatic nitrogens is 1. The second-order valence-electron chi connectivity index (χ2n) is 5.52. The molecular formula is C17H16ClN3O2. The maximum Gasteiger partial charge on any atom is 0.293 e. The summed E-state index contributed by atoms with van der Waals surface area (Å²) < 4.78 is 5.57. The number of carbonyl (C=O) groups excluding carboxylic acids is 1. The summed E-state index contributed by atoms with van der Waals surface area (Å²) >= 11 is 6.07. The molecule has 3 N–H and O–H groups in total. The predicted octanol–water partition coefficient (Wildman–Crippen LogP) is 4.24. The van der Waals surface area contributed by atoms with E-state index in [-0.39, 0.29) is 5.76 Å². The van der Waals surface area contributed by atoms with Crippen molar-refractivity contribution in [1.29, 1.82) is 0 Å². The number of carbonyl (C=O) groups is 1. The summed E-state index contributed by atoms with van der Waals surface area (Å²) in [7, 11) is 0. The van der Waals surface area contributed by atoms with E-state index < -0.39 is 5.91 Å². The van der Waals surface area contributed by atoms with Crippen molar-refractivity contribution >= 4 is 40.0 Å². The van der Waals surface area contributed by atoms with Gasteiger partial charge in [0, 0.05) is 16.4 Å². The van der Waals surface area contributed by atoms with Crippen molar-refractivity contribution in [2.75, 3.05) is 11.1 Å². The third kappa shape index (κ3) is 2.75. The van der Waals surface area contributed by atoms with E-state index in [2.05, 4.69) is 10.3 Å². The first-order valence-electron chi connectivity index (χ1n) is 7.10. The van der Waals surface area contributed by atoms with Crippen LogP contribution in [0.3, 0.4) is 0 Å². The minimum atomic E-state index is -0.433. The van der Waals surface area contributed by atoms with E-state index in [1.807, 2.05) is 32.9 Å². The molecule has 5 nitrogen and oxygen atoms in total. The van der Waals surface area contributed by atoms with E-state index in [9.17, 15) is 4.79 Å². The quantitative estimate of drug-likeness (QED) is 0.736. The van der Waals surface area contributed by atoms with Gasteiger partial charge in [0.05, 0.1) is 11.1 Å². The fourth-order valence-corrected chi connectivity index (χ4v) is 2.68. The fraction of sp³-hybridized carbons (Fsp3) is 0.176. The number of hydrogen-bond donors (Lipinski definition) is 2. The minimum absolute atomic E-state index is 0.0536. The second kappa shape index (κ2) is 5.59.